The molecule has 92 valence electrons. The van der Waals surface area contributed by atoms with Crippen molar-refractivity contribution >= 4 is 28.3 Å². The van der Waals surface area contributed by atoms with Gasteiger partial charge >= 0.3 is 0 Å². The predicted molar refractivity (Wildman–Crippen MR) is 78.4 cm³/mol. The first kappa shape index (κ1) is 11.8. The highest BCUT2D eigenvalue weighted by Crippen LogP contribution is 2.30. The maximum absolute atomic E-state index is 12.6. The molecule has 0 bridgehead atoms. The Balaban J connectivity index is 2.00. The maximum Gasteiger partial charge on any atom is 0.176 e. The van der Waals surface area contributed by atoms with E-state index in [1.54, 1.807) is 0 Å². The third-order valence-electron chi connectivity index (χ3n) is 3.53. The van der Waals surface area contributed by atoms with Gasteiger partial charge < -0.3 is 0 Å². The summed E-state index contributed by atoms with van der Waals surface area (Å²) in [5.74, 6) is 1.44. The molecule has 1 unspecified atom stereocenters. The van der Waals surface area contributed by atoms with Gasteiger partial charge in [0.2, 0.25) is 0 Å². The van der Waals surface area contributed by atoms with Crippen LogP contribution in [0, 0.1) is 0 Å². The summed E-state index contributed by atoms with van der Waals surface area (Å²) in [7, 11) is 0. The molecule has 2 heteroatoms. The van der Waals surface area contributed by atoms with Crippen molar-refractivity contribution in [3.8, 4) is 0 Å². The smallest absolute Gasteiger partial charge is 0.176 e. The number of Topliss-reactive ketones (excluding diaryl/α,β-unsaturated/α-hetero) is 1. The summed E-state index contributed by atoms with van der Waals surface area (Å²) in [6.07, 6.45) is 3.48. The molecule has 0 amide bonds. The molecular formula is C16H16OS. The zero-order valence-corrected chi connectivity index (χ0v) is 11.1. The molecule has 0 saturated carbocycles. The summed E-state index contributed by atoms with van der Waals surface area (Å²) >= 11 is 1.83. The van der Waals surface area contributed by atoms with E-state index in [1.807, 2.05) is 36.0 Å². The Morgan fingerprint density at radius 3 is 2.72 bits per heavy atom. The van der Waals surface area contributed by atoms with Crippen molar-refractivity contribution in [2.75, 3.05) is 5.75 Å². The zero-order valence-electron chi connectivity index (χ0n) is 10.3. The van der Waals surface area contributed by atoms with E-state index in [-0.39, 0.29) is 5.25 Å². The molecule has 1 fully saturated rings. The standard InChI is InChI=1S/C16H16OS/c17-16(15-10-3-4-11-18-15)14-9-5-7-12-6-1-2-8-13(12)14/h1-2,5-9,15H,3-4,10-11H2. The lowest BCUT2D eigenvalue weighted by atomic mass is 9.98. The molecule has 0 radical (unpaired) electrons. The van der Waals surface area contributed by atoms with Gasteiger partial charge in [0.15, 0.2) is 5.78 Å². The number of fused-ring (bicyclic) bond motifs is 1. The number of thioether (sulfide) groups is 1. The van der Waals surface area contributed by atoms with E-state index in [1.165, 1.54) is 12.8 Å². The molecule has 2 aromatic carbocycles. The molecule has 3 rings (SSSR count). The number of benzene rings is 2. The van der Waals surface area contributed by atoms with Crippen LogP contribution in [0.25, 0.3) is 10.8 Å². The number of ketones is 1. The van der Waals surface area contributed by atoms with Gasteiger partial charge in [-0.15, -0.1) is 0 Å². The summed E-state index contributed by atoms with van der Waals surface area (Å²) in [6, 6.07) is 14.2. The first-order valence-corrected chi connectivity index (χ1v) is 7.55. The minimum Gasteiger partial charge on any atom is -0.293 e. The normalized spacial score (nSPS) is 19.9. The Morgan fingerprint density at radius 1 is 1.06 bits per heavy atom. The van der Waals surface area contributed by atoms with Crippen LogP contribution < -0.4 is 0 Å². The molecule has 1 aliphatic heterocycles. The van der Waals surface area contributed by atoms with Crippen LogP contribution in [0.4, 0.5) is 0 Å². The topological polar surface area (TPSA) is 17.1 Å². The molecule has 2 aromatic rings. The van der Waals surface area contributed by atoms with Crippen molar-refractivity contribution in [2.24, 2.45) is 0 Å². The second-order valence-electron chi connectivity index (χ2n) is 4.75. The highest BCUT2D eigenvalue weighted by Gasteiger charge is 2.23. The van der Waals surface area contributed by atoms with Crippen LogP contribution in [0.1, 0.15) is 29.6 Å². The van der Waals surface area contributed by atoms with E-state index in [0.29, 0.717) is 5.78 Å². The second kappa shape index (κ2) is 5.15. The van der Waals surface area contributed by atoms with E-state index in [2.05, 4.69) is 18.2 Å². The fourth-order valence-electron chi connectivity index (χ4n) is 2.56. The molecule has 1 nitrogen and oxygen atoms in total. The van der Waals surface area contributed by atoms with Crippen molar-refractivity contribution in [1.82, 2.24) is 0 Å². The van der Waals surface area contributed by atoms with Gasteiger partial charge in [-0.1, -0.05) is 48.9 Å². The first-order chi connectivity index (χ1) is 8.86. The van der Waals surface area contributed by atoms with Crippen LogP contribution in [-0.2, 0) is 0 Å². The van der Waals surface area contributed by atoms with Crippen molar-refractivity contribution in [2.45, 2.75) is 24.5 Å². The molecule has 0 N–H and O–H groups in total. The molecule has 1 saturated heterocycles. The Kier molecular flexibility index (Phi) is 3.37. The predicted octanol–water partition coefficient (Wildman–Crippen LogP) is 4.31. The monoisotopic (exact) mass is 256 g/mol. The highest BCUT2D eigenvalue weighted by atomic mass is 32.2. The van der Waals surface area contributed by atoms with E-state index in [4.69, 9.17) is 0 Å². The Morgan fingerprint density at radius 2 is 1.89 bits per heavy atom. The van der Waals surface area contributed by atoms with E-state index in [0.717, 1.165) is 28.5 Å². The van der Waals surface area contributed by atoms with Crippen molar-refractivity contribution in [1.29, 1.82) is 0 Å². The molecule has 18 heavy (non-hydrogen) atoms. The SMILES string of the molecule is O=C(c1cccc2ccccc12)C1CCCCS1. The lowest BCUT2D eigenvalue weighted by Crippen LogP contribution is -2.21. The van der Waals surface area contributed by atoms with Gasteiger partial charge in [0.05, 0.1) is 5.25 Å². The van der Waals surface area contributed by atoms with Crippen molar-refractivity contribution in [3.63, 3.8) is 0 Å². The fourth-order valence-corrected chi connectivity index (χ4v) is 3.83. The van der Waals surface area contributed by atoms with Gasteiger partial charge in [-0.05, 0) is 29.4 Å². The van der Waals surface area contributed by atoms with Gasteiger partial charge in [-0.25, -0.2) is 0 Å². The Hall–Kier alpha value is -1.28. The van der Waals surface area contributed by atoms with Gasteiger partial charge in [-0.3, -0.25) is 4.79 Å². The summed E-state index contributed by atoms with van der Waals surface area (Å²) in [5.41, 5.74) is 0.896. The molecular weight excluding hydrogens is 240 g/mol. The fraction of sp³-hybridized carbons (Fsp3) is 0.312. The summed E-state index contributed by atoms with van der Waals surface area (Å²) in [6.45, 7) is 0. The largest absolute Gasteiger partial charge is 0.293 e. The first-order valence-electron chi connectivity index (χ1n) is 6.50. The molecule has 0 aliphatic carbocycles. The number of hydrogen-bond donors (Lipinski definition) is 0. The molecule has 1 aliphatic rings. The average Bonchev–Trinajstić information content (AvgIpc) is 2.47. The molecule has 0 aromatic heterocycles. The molecule has 1 heterocycles. The van der Waals surface area contributed by atoms with E-state index >= 15 is 0 Å². The third kappa shape index (κ3) is 2.17. The van der Waals surface area contributed by atoms with Crippen molar-refractivity contribution in [3.05, 3.63) is 48.0 Å². The summed E-state index contributed by atoms with van der Waals surface area (Å²) in [4.78, 5) is 12.6. The van der Waals surface area contributed by atoms with Gasteiger partial charge in [0, 0.05) is 5.56 Å². The zero-order chi connectivity index (χ0) is 12.4. The number of hydrogen-bond acceptors (Lipinski definition) is 2. The minimum atomic E-state index is 0.171. The van der Waals surface area contributed by atoms with Crippen molar-refractivity contribution < 1.29 is 4.79 Å². The quantitative estimate of drug-likeness (QED) is 0.745. The molecule has 1 atom stereocenters. The number of carbonyl (C=O) groups is 1. The third-order valence-corrected chi connectivity index (χ3v) is 4.90. The molecule has 0 spiro atoms. The van der Waals surface area contributed by atoms with Crippen LogP contribution >= 0.6 is 11.8 Å². The summed E-state index contributed by atoms with van der Waals surface area (Å²) < 4.78 is 0. The van der Waals surface area contributed by atoms with E-state index in [9.17, 15) is 4.79 Å². The van der Waals surface area contributed by atoms with E-state index < -0.39 is 0 Å². The minimum absolute atomic E-state index is 0.171. The van der Waals surface area contributed by atoms with Crippen LogP contribution in [0.5, 0.6) is 0 Å². The average molecular weight is 256 g/mol. The number of rotatable bonds is 2. The highest BCUT2D eigenvalue weighted by molar-refractivity contribution is 8.00. The van der Waals surface area contributed by atoms with Crippen LogP contribution in [0.2, 0.25) is 0 Å². The van der Waals surface area contributed by atoms with Crippen LogP contribution in [0.15, 0.2) is 42.5 Å². The Bertz CT molecular complexity index is 565. The van der Waals surface area contributed by atoms with Crippen LogP contribution in [-0.4, -0.2) is 16.8 Å². The van der Waals surface area contributed by atoms with Gasteiger partial charge in [0.25, 0.3) is 0 Å². The van der Waals surface area contributed by atoms with Crippen LogP contribution in [0.3, 0.4) is 0 Å². The Labute approximate surface area is 112 Å². The van der Waals surface area contributed by atoms with Gasteiger partial charge in [-0.2, -0.15) is 11.8 Å². The van der Waals surface area contributed by atoms with Gasteiger partial charge in [0.1, 0.15) is 0 Å². The second-order valence-corrected chi connectivity index (χ2v) is 6.06. The summed E-state index contributed by atoms with van der Waals surface area (Å²) in [5, 5.41) is 2.42. The lowest BCUT2D eigenvalue weighted by Gasteiger charge is -2.20. The maximum atomic E-state index is 12.6. The lowest BCUT2D eigenvalue weighted by molar-refractivity contribution is 0.0986. The number of carbonyl (C=O) groups excluding carboxylic acids is 1.